The summed E-state index contributed by atoms with van der Waals surface area (Å²) in [6.07, 6.45) is 3.04. The van der Waals surface area contributed by atoms with E-state index >= 15 is 0 Å². The van der Waals surface area contributed by atoms with Crippen molar-refractivity contribution < 1.29 is 19.5 Å². The molecular weight excluding hydrogens is 274 g/mol. The van der Waals surface area contributed by atoms with Gasteiger partial charge in [-0.15, -0.1) is 0 Å². The standard InChI is InChI=1S/C14H23N3O4/c1-9-4-2-7-17(11(9)13(19)20)12(18)10-5-3-6-16(8-10)14(15)21/h9-11H,2-8H2,1H3,(H2,15,21)(H,19,20). The van der Waals surface area contributed by atoms with Gasteiger partial charge in [-0.05, 0) is 31.6 Å². The molecule has 0 aromatic carbocycles. The Morgan fingerprint density at radius 3 is 2.43 bits per heavy atom. The summed E-state index contributed by atoms with van der Waals surface area (Å²) in [4.78, 5) is 38.3. The Morgan fingerprint density at radius 1 is 1.14 bits per heavy atom. The summed E-state index contributed by atoms with van der Waals surface area (Å²) >= 11 is 0. The molecule has 0 aliphatic carbocycles. The lowest BCUT2D eigenvalue weighted by molar-refractivity contribution is -0.157. The monoisotopic (exact) mass is 297 g/mol. The number of carbonyl (C=O) groups is 3. The van der Waals surface area contributed by atoms with E-state index in [2.05, 4.69) is 0 Å². The van der Waals surface area contributed by atoms with E-state index in [1.165, 1.54) is 9.80 Å². The molecule has 0 bridgehead atoms. The van der Waals surface area contributed by atoms with Crippen LogP contribution in [0.5, 0.6) is 0 Å². The van der Waals surface area contributed by atoms with Crippen molar-refractivity contribution in [1.29, 1.82) is 0 Å². The number of aliphatic carboxylic acids is 1. The molecule has 0 saturated carbocycles. The smallest absolute Gasteiger partial charge is 0.326 e. The third-order valence-electron chi connectivity index (χ3n) is 4.55. The van der Waals surface area contributed by atoms with Gasteiger partial charge < -0.3 is 20.6 Å². The number of rotatable bonds is 2. The lowest BCUT2D eigenvalue weighted by Gasteiger charge is -2.41. The number of hydrogen-bond acceptors (Lipinski definition) is 3. The zero-order valence-corrected chi connectivity index (χ0v) is 12.3. The molecular formula is C14H23N3O4. The van der Waals surface area contributed by atoms with Crippen LogP contribution in [0.3, 0.4) is 0 Å². The molecule has 3 unspecified atom stereocenters. The van der Waals surface area contributed by atoms with Crippen molar-refractivity contribution in [3.05, 3.63) is 0 Å². The number of nitrogens with two attached hydrogens (primary N) is 1. The van der Waals surface area contributed by atoms with Crippen molar-refractivity contribution in [3.8, 4) is 0 Å². The van der Waals surface area contributed by atoms with Gasteiger partial charge in [-0.1, -0.05) is 6.92 Å². The minimum atomic E-state index is -0.946. The number of amides is 3. The molecule has 2 aliphatic rings. The molecule has 2 aliphatic heterocycles. The van der Waals surface area contributed by atoms with Crippen LogP contribution in [-0.2, 0) is 9.59 Å². The summed E-state index contributed by atoms with van der Waals surface area (Å²) in [5.74, 6) is -1.48. The third-order valence-corrected chi connectivity index (χ3v) is 4.55. The van der Waals surface area contributed by atoms with Crippen molar-refractivity contribution in [3.63, 3.8) is 0 Å². The van der Waals surface area contributed by atoms with Gasteiger partial charge in [0.15, 0.2) is 0 Å². The molecule has 21 heavy (non-hydrogen) atoms. The predicted octanol–water partition coefficient (Wildman–Crippen LogP) is 0.489. The highest BCUT2D eigenvalue weighted by Gasteiger charge is 2.40. The van der Waals surface area contributed by atoms with Crippen LogP contribution in [-0.4, -0.2) is 58.5 Å². The average molecular weight is 297 g/mol. The highest BCUT2D eigenvalue weighted by atomic mass is 16.4. The SMILES string of the molecule is CC1CCCN(C(=O)C2CCCN(C(N)=O)C2)C1C(=O)O. The molecule has 3 N–H and O–H groups in total. The molecule has 0 aromatic rings. The van der Waals surface area contributed by atoms with Gasteiger partial charge in [-0.25, -0.2) is 9.59 Å². The molecule has 2 saturated heterocycles. The lowest BCUT2D eigenvalue weighted by Crippen LogP contribution is -2.56. The Bertz CT molecular complexity index is 440. The van der Waals surface area contributed by atoms with Gasteiger partial charge in [-0.3, -0.25) is 4.79 Å². The van der Waals surface area contributed by atoms with E-state index in [0.717, 1.165) is 19.3 Å². The zero-order valence-electron chi connectivity index (χ0n) is 12.3. The minimum absolute atomic E-state index is 0.0453. The van der Waals surface area contributed by atoms with E-state index in [1.807, 2.05) is 6.92 Å². The highest BCUT2D eigenvalue weighted by Crippen LogP contribution is 2.27. The van der Waals surface area contributed by atoms with Gasteiger partial charge in [0.2, 0.25) is 5.91 Å². The Morgan fingerprint density at radius 2 is 1.81 bits per heavy atom. The van der Waals surface area contributed by atoms with Crippen LogP contribution in [0.15, 0.2) is 0 Å². The molecule has 7 heteroatoms. The predicted molar refractivity (Wildman–Crippen MR) is 75.4 cm³/mol. The van der Waals surface area contributed by atoms with Crippen LogP contribution in [0.2, 0.25) is 0 Å². The molecule has 0 aromatic heterocycles. The molecule has 3 atom stereocenters. The maximum atomic E-state index is 12.7. The number of likely N-dealkylation sites (tertiary alicyclic amines) is 2. The van der Waals surface area contributed by atoms with Crippen LogP contribution < -0.4 is 5.73 Å². The van der Waals surface area contributed by atoms with Gasteiger partial charge in [0.05, 0.1) is 5.92 Å². The van der Waals surface area contributed by atoms with Crippen LogP contribution in [0, 0.1) is 11.8 Å². The largest absolute Gasteiger partial charge is 0.480 e. The molecule has 2 fully saturated rings. The maximum absolute atomic E-state index is 12.7. The fourth-order valence-electron chi connectivity index (χ4n) is 3.43. The molecule has 7 nitrogen and oxygen atoms in total. The second-order valence-electron chi connectivity index (χ2n) is 6.06. The molecule has 3 amide bonds. The van der Waals surface area contributed by atoms with E-state index in [9.17, 15) is 19.5 Å². The van der Waals surface area contributed by atoms with Crippen LogP contribution in [0.25, 0.3) is 0 Å². The number of carbonyl (C=O) groups excluding carboxylic acids is 2. The topological polar surface area (TPSA) is 104 Å². The lowest BCUT2D eigenvalue weighted by atomic mass is 9.88. The summed E-state index contributed by atoms with van der Waals surface area (Å²) < 4.78 is 0. The first kappa shape index (κ1) is 15.6. The van der Waals surface area contributed by atoms with Gasteiger partial charge in [0.1, 0.15) is 6.04 Å². The number of primary amides is 1. The first-order chi connectivity index (χ1) is 9.91. The third kappa shape index (κ3) is 3.28. The van der Waals surface area contributed by atoms with E-state index in [0.29, 0.717) is 26.1 Å². The summed E-state index contributed by atoms with van der Waals surface area (Å²) in [6.45, 7) is 3.21. The minimum Gasteiger partial charge on any atom is -0.480 e. The molecule has 0 radical (unpaired) electrons. The second-order valence-corrected chi connectivity index (χ2v) is 6.06. The number of carboxylic acid groups (broad SMARTS) is 1. The molecule has 2 heterocycles. The Hall–Kier alpha value is -1.79. The van der Waals surface area contributed by atoms with Crippen molar-refractivity contribution in [2.24, 2.45) is 17.6 Å². The Kier molecular flexibility index (Phi) is 4.69. The first-order valence-corrected chi connectivity index (χ1v) is 7.49. The Labute approximate surface area is 124 Å². The van der Waals surface area contributed by atoms with Gasteiger partial charge in [0.25, 0.3) is 0 Å². The normalized spacial score (nSPS) is 30.0. The van der Waals surface area contributed by atoms with E-state index < -0.39 is 18.0 Å². The van der Waals surface area contributed by atoms with Crippen molar-refractivity contribution in [1.82, 2.24) is 9.80 Å². The van der Waals surface area contributed by atoms with E-state index in [1.54, 1.807) is 0 Å². The molecule has 2 rings (SSSR count). The number of piperidine rings is 2. The molecule has 0 spiro atoms. The average Bonchev–Trinajstić information content (AvgIpc) is 2.45. The zero-order chi connectivity index (χ0) is 15.6. The van der Waals surface area contributed by atoms with Crippen molar-refractivity contribution >= 4 is 17.9 Å². The second kappa shape index (κ2) is 6.32. The van der Waals surface area contributed by atoms with Crippen molar-refractivity contribution in [2.75, 3.05) is 19.6 Å². The summed E-state index contributed by atoms with van der Waals surface area (Å²) in [5, 5.41) is 9.39. The summed E-state index contributed by atoms with van der Waals surface area (Å²) in [6, 6.07) is -1.27. The van der Waals surface area contributed by atoms with E-state index in [-0.39, 0.29) is 17.7 Å². The van der Waals surface area contributed by atoms with Crippen LogP contribution >= 0.6 is 0 Å². The number of nitrogens with zero attached hydrogens (tertiary/aromatic N) is 2. The van der Waals surface area contributed by atoms with Gasteiger partial charge >= 0.3 is 12.0 Å². The molecule has 118 valence electrons. The fraction of sp³-hybridized carbons (Fsp3) is 0.786. The highest BCUT2D eigenvalue weighted by molar-refractivity contribution is 5.86. The number of hydrogen-bond donors (Lipinski definition) is 2. The quantitative estimate of drug-likeness (QED) is 0.774. The van der Waals surface area contributed by atoms with Crippen LogP contribution in [0.4, 0.5) is 4.79 Å². The number of urea groups is 1. The van der Waals surface area contributed by atoms with Crippen LogP contribution in [0.1, 0.15) is 32.6 Å². The van der Waals surface area contributed by atoms with Crippen molar-refractivity contribution in [2.45, 2.75) is 38.6 Å². The first-order valence-electron chi connectivity index (χ1n) is 7.49. The fourth-order valence-corrected chi connectivity index (χ4v) is 3.43. The number of carboxylic acids is 1. The Balaban J connectivity index is 2.10. The van der Waals surface area contributed by atoms with Gasteiger partial charge in [-0.2, -0.15) is 0 Å². The summed E-state index contributed by atoms with van der Waals surface area (Å²) in [5.41, 5.74) is 5.27. The maximum Gasteiger partial charge on any atom is 0.326 e. The summed E-state index contributed by atoms with van der Waals surface area (Å²) in [7, 11) is 0. The van der Waals surface area contributed by atoms with Gasteiger partial charge in [0, 0.05) is 19.6 Å². The van der Waals surface area contributed by atoms with E-state index in [4.69, 9.17) is 5.73 Å².